The number of esters is 1. The van der Waals surface area contributed by atoms with Crippen LogP contribution in [0.25, 0.3) is 10.6 Å². The van der Waals surface area contributed by atoms with E-state index in [1.165, 1.54) is 12.7 Å². The lowest BCUT2D eigenvalue weighted by Crippen LogP contribution is -2.26. The summed E-state index contributed by atoms with van der Waals surface area (Å²) < 4.78 is 10.1. The predicted molar refractivity (Wildman–Crippen MR) is 121 cm³/mol. The summed E-state index contributed by atoms with van der Waals surface area (Å²) >= 11 is 1.59. The van der Waals surface area contributed by atoms with Gasteiger partial charge in [-0.05, 0) is 26.3 Å². The molecule has 1 aromatic carbocycles. The van der Waals surface area contributed by atoms with Crippen LogP contribution in [0.15, 0.2) is 29.6 Å². The second kappa shape index (κ2) is 10.4. The fraction of sp³-hybridized carbons (Fsp3) is 0.348. The SMILES string of the molecule is COCCOC(=O)c1c(C)[nH]c(C(=O)NCCc2csc(-c3ccc(C)cc3)n2)c1C. The highest BCUT2D eigenvalue weighted by molar-refractivity contribution is 7.13. The number of nitrogens with one attached hydrogen (secondary N) is 2. The summed E-state index contributed by atoms with van der Waals surface area (Å²) in [4.78, 5) is 32.6. The van der Waals surface area contributed by atoms with E-state index in [1.54, 1.807) is 25.2 Å². The molecule has 0 spiro atoms. The molecule has 8 heteroatoms. The van der Waals surface area contributed by atoms with E-state index in [0.29, 0.717) is 42.1 Å². The Morgan fingerprint density at radius 1 is 1.13 bits per heavy atom. The van der Waals surface area contributed by atoms with Crippen molar-refractivity contribution in [2.75, 3.05) is 26.9 Å². The third-order valence-electron chi connectivity index (χ3n) is 4.91. The number of hydrogen-bond donors (Lipinski definition) is 2. The molecule has 0 saturated carbocycles. The molecule has 2 heterocycles. The highest BCUT2D eigenvalue weighted by atomic mass is 32.1. The molecule has 31 heavy (non-hydrogen) atoms. The molecule has 0 aliphatic rings. The number of hydrogen-bond acceptors (Lipinski definition) is 6. The number of aryl methyl sites for hydroxylation is 2. The molecule has 2 aromatic heterocycles. The van der Waals surface area contributed by atoms with Gasteiger partial charge in [0.15, 0.2) is 0 Å². The van der Waals surface area contributed by atoms with Crippen LogP contribution in [0, 0.1) is 20.8 Å². The van der Waals surface area contributed by atoms with Crippen molar-refractivity contribution in [3.05, 3.63) is 63.4 Å². The first-order valence-corrected chi connectivity index (χ1v) is 10.9. The molecule has 2 N–H and O–H groups in total. The molecule has 0 aliphatic carbocycles. The van der Waals surface area contributed by atoms with Crippen LogP contribution in [-0.2, 0) is 15.9 Å². The normalized spacial score (nSPS) is 10.8. The van der Waals surface area contributed by atoms with Crippen molar-refractivity contribution in [2.24, 2.45) is 0 Å². The molecule has 1 amide bonds. The maximum Gasteiger partial charge on any atom is 0.340 e. The Balaban J connectivity index is 1.57. The first kappa shape index (κ1) is 22.7. The van der Waals surface area contributed by atoms with Gasteiger partial charge in [-0.3, -0.25) is 4.79 Å². The minimum atomic E-state index is -0.464. The number of methoxy groups -OCH3 is 1. The summed E-state index contributed by atoms with van der Waals surface area (Å²) in [7, 11) is 1.54. The highest BCUT2D eigenvalue weighted by Crippen LogP contribution is 2.24. The van der Waals surface area contributed by atoms with Crippen molar-refractivity contribution in [3.63, 3.8) is 0 Å². The van der Waals surface area contributed by atoms with Crippen molar-refractivity contribution < 1.29 is 19.1 Å². The second-order valence-electron chi connectivity index (χ2n) is 7.27. The molecule has 7 nitrogen and oxygen atoms in total. The zero-order chi connectivity index (χ0) is 22.4. The van der Waals surface area contributed by atoms with E-state index in [2.05, 4.69) is 46.5 Å². The highest BCUT2D eigenvalue weighted by Gasteiger charge is 2.22. The van der Waals surface area contributed by atoms with Gasteiger partial charge in [0.2, 0.25) is 0 Å². The number of carbonyl (C=O) groups is 2. The topological polar surface area (TPSA) is 93.3 Å². The third-order valence-corrected chi connectivity index (χ3v) is 5.85. The minimum Gasteiger partial charge on any atom is -0.460 e. The van der Waals surface area contributed by atoms with Crippen LogP contribution in [0.1, 0.15) is 43.4 Å². The molecule has 3 rings (SSSR count). The van der Waals surface area contributed by atoms with Crippen LogP contribution < -0.4 is 5.32 Å². The number of aromatic amines is 1. The number of amides is 1. The van der Waals surface area contributed by atoms with Gasteiger partial charge in [0.1, 0.15) is 17.3 Å². The molecule has 0 unspecified atom stereocenters. The number of H-pyrrole nitrogens is 1. The van der Waals surface area contributed by atoms with Gasteiger partial charge in [0.05, 0.1) is 17.9 Å². The number of benzene rings is 1. The lowest BCUT2D eigenvalue weighted by molar-refractivity contribution is 0.0387. The molecule has 164 valence electrons. The number of carbonyl (C=O) groups excluding carboxylic acids is 2. The zero-order valence-electron chi connectivity index (χ0n) is 18.2. The van der Waals surface area contributed by atoms with E-state index >= 15 is 0 Å². The van der Waals surface area contributed by atoms with Gasteiger partial charge in [0.25, 0.3) is 5.91 Å². The van der Waals surface area contributed by atoms with Crippen molar-refractivity contribution >= 4 is 23.2 Å². The van der Waals surface area contributed by atoms with E-state index in [4.69, 9.17) is 9.47 Å². The fourth-order valence-electron chi connectivity index (χ4n) is 3.22. The van der Waals surface area contributed by atoms with Crippen molar-refractivity contribution in [3.8, 4) is 10.6 Å². The number of thiazole rings is 1. The Hall–Kier alpha value is -2.97. The maximum atomic E-state index is 12.6. The van der Waals surface area contributed by atoms with Crippen LogP contribution in [-0.4, -0.2) is 48.7 Å². The van der Waals surface area contributed by atoms with Gasteiger partial charge < -0.3 is 19.8 Å². The number of rotatable bonds is 9. The van der Waals surface area contributed by atoms with Crippen LogP contribution in [0.3, 0.4) is 0 Å². The van der Waals surface area contributed by atoms with Gasteiger partial charge in [-0.25, -0.2) is 9.78 Å². The number of aromatic nitrogens is 2. The zero-order valence-corrected chi connectivity index (χ0v) is 19.0. The molecular weight excluding hydrogens is 414 g/mol. The predicted octanol–water partition coefficient (Wildman–Crippen LogP) is 3.84. The standard InChI is InChI=1S/C23H27N3O4S/c1-14-5-7-17(8-6-14)22-26-18(13-31-22)9-10-24-21(27)20-15(2)19(16(3)25-20)23(28)30-12-11-29-4/h5-8,13,25H,9-12H2,1-4H3,(H,24,27). The second-order valence-corrected chi connectivity index (χ2v) is 8.13. The molecular formula is C23H27N3O4S. The van der Waals surface area contributed by atoms with E-state index < -0.39 is 5.97 Å². The first-order valence-electron chi connectivity index (χ1n) is 10.1. The largest absolute Gasteiger partial charge is 0.460 e. The Bertz CT molecular complexity index is 1050. The molecule has 0 aliphatic heterocycles. The fourth-order valence-corrected chi connectivity index (χ4v) is 4.08. The minimum absolute atomic E-state index is 0.166. The van der Waals surface area contributed by atoms with Crippen LogP contribution in [0.2, 0.25) is 0 Å². The van der Waals surface area contributed by atoms with Gasteiger partial charge in [-0.2, -0.15) is 0 Å². The van der Waals surface area contributed by atoms with E-state index in [0.717, 1.165) is 16.3 Å². The van der Waals surface area contributed by atoms with Gasteiger partial charge >= 0.3 is 5.97 Å². The number of nitrogens with zero attached hydrogens (tertiary/aromatic N) is 1. The Labute approximate surface area is 185 Å². The molecule has 0 fully saturated rings. The van der Waals surface area contributed by atoms with Crippen molar-refractivity contribution in [1.29, 1.82) is 0 Å². The van der Waals surface area contributed by atoms with Gasteiger partial charge in [-0.15, -0.1) is 11.3 Å². The Morgan fingerprint density at radius 2 is 1.87 bits per heavy atom. The quantitative estimate of drug-likeness (QED) is 0.389. The molecule has 0 atom stereocenters. The van der Waals surface area contributed by atoms with E-state index in [-0.39, 0.29) is 12.5 Å². The molecule has 0 radical (unpaired) electrons. The molecule has 0 saturated heterocycles. The summed E-state index contributed by atoms with van der Waals surface area (Å²) in [6.07, 6.45) is 0.624. The van der Waals surface area contributed by atoms with Crippen molar-refractivity contribution in [2.45, 2.75) is 27.2 Å². The maximum absolute atomic E-state index is 12.6. The van der Waals surface area contributed by atoms with Gasteiger partial charge in [-0.1, -0.05) is 29.8 Å². The summed E-state index contributed by atoms with van der Waals surface area (Å²) in [5, 5.41) is 5.88. The Kier molecular flexibility index (Phi) is 7.59. The van der Waals surface area contributed by atoms with Crippen LogP contribution >= 0.6 is 11.3 Å². The monoisotopic (exact) mass is 441 g/mol. The van der Waals surface area contributed by atoms with E-state index in [1.807, 2.05) is 5.38 Å². The van der Waals surface area contributed by atoms with Crippen molar-refractivity contribution in [1.82, 2.24) is 15.3 Å². The number of ether oxygens (including phenoxy) is 2. The molecule has 3 aromatic rings. The summed E-state index contributed by atoms with van der Waals surface area (Å²) in [5.41, 5.74) is 5.18. The van der Waals surface area contributed by atoms with E-state index in [9.17, 15) is 9.59 Å². The lowest BCUT2D eigenvalue weighted by atomic mass is 10.1. The summed E-state index contributed by atoms with van der Waals surface area (Å²) in [6, 6.07) is 8.26. The average molecular weight is 442 g/mol. The lowest BCUT2D eigenvalue weighted by Gasteiger charge is -2.05. The summed E-state index contributed by atoms with van der Waals surface area (Å²) in [6.45, 7) is 6.47. The smallest absolute Gasteiger partial charge is 0.340 e. The summed E-state index contributed by atoms with van der Waals surface area (Å²) in [5.74, 6) is -0.723. The first-order chi connectivity index (χ1) is 14.9. The molecule has 0 bridgehead atoms. The third kappa shape index (κ3) is 5.59. The van der Waals surface area contributed by atoms with Crippen LogP contribution in [0.4, 0.5) is 0 Å². The van der Waals surface area contributed by atoms with Crippen LogP contribution in [0.5, 0.6) is 0 Å². The Morgan fingerprint density at radius 3 is 2.58 bits per heavy atom. The van der Waals surface area contributed by atoms with Gasteiger partial charge in [0, 0.05) is 36.7 Å². The average Bonchev–Trinajstić information content (AvgIpc) is 3.33.